The molecule has 2 rings (SSSR count). The molecule has 60 valence electrons. The molecule has 12 heavy (non-hydrogen) atoms. The fraction of sp³-hybridized carbons (Fsp3) is 0.100. The van der Waals surface area contributed by atoms with E-state index in [0.29, 0.717) is 0 Å². The molecule has 0 unspecified atom stereocenters. The van der Waals surface area contributed by atoms with E-state index in [1.54, 1.807) is 0 Å². The van der Waals surface area contributed by atoms with Crippen molar-refractivity contribution in [2.24, 2.45) is 0 Å². The van der Waals surface area contributed by atoms with Crippen LogP contribution in [0.5, 0.6) is 0 Å². The molecule has 0 aliphatic carbocycles. The molecule has 0 spiro atoms. The Bertz CT molecular complexity index is 386. The number of aryl methyl sites for hydroxylation is 1. The van der Waals surface area contributed by atoms with Gasteiger partial charge in [0, 0.05) is 27.6 Å². The average Bonchev–Trinajstić information content (AvgIpc) is 2.04. The summed E-state index contributed by atoms with van der Waals surface area (Å²) in [5.74, 6) is 0. The van der Waals surface area contributed by atoms with Crippen LogP contribution in [0.2, 0.25) is 0 Å². The number of rotatable bonds is 0. The van der Waals surface area contributed by atoms with Crippen LogP contribution in [0.25, 0.3) is 10.8 Å². The molecule has 0 N–H and O–H groups in total. The Labute approximate surface area is 79.6 Å². The van der Waals surface area contributed by atoms with Crippen molar-refractivity contribution in [2.45, 2.75) is 6.92 Å². The maximum atomic E-state index is 4.11. The molecule has 0 saturated carbocycles. The van der Waals surface area contributed by atoms with Crippen LogP contribution in [0, 0.1) is 6.92 Å². The van der Waals surface area contributed by atoms with Crippen molar-refractivity contribution >= 4 is 26.7 Å². The Balaban J connectivity index is 2.96. The first kappa shape index (κ1) is 7.74. The van der Waals surface area contributed by atoms with E-state index in [2.05, 4.69) is 40.0 Å². The van der Waals surface area contributed by atoms with Crippen LogP contribution in [0.15, 0.2) is 35.1 Å². The lowest BCUT2D eigenvalue weighted by molar-refractivity contribution is 1.34. The zero-order valence-corrected chi connectivity index (χ0v) is 8.30. The molecular formula is C10H8BrN. The molecule has 2 heteroatoms. The van der Waals surface area contributed by atoms with Crippen LogP contribution < -0.4 is 0 Å². The van der Waals surface area contributed by atoms with Gasteiger partial charge >= 0.3 is 0 Å². The first-order valence-corrected chi connectivity index (χ1v) is 4.57. The average molecular weight is 222 g/mol. The minimum Gasteiger partial charge on any atom is -0.263 e. The van der Waals surface area contributed by atoms with Gasteiger partial charge in [0.1, 0.15) is 0 Å². The van der Waals surface area contributed by atoms with Gasteiger partial charge in [-0.25, -0.2) is 0 Å². The van der Waals surface area contributed by atoms with Crippen molar-refractivity contribution in [1.82, 2.24) is 4.98 Å². The van der Waals surface area contributed by atoms with Gasteiger partial charge in [0.15, 0.2) is 0 Å². The molecule has 2 aromatic rings. The number of aromatic nitrogens is 1. The van der Waals surface area contributed by atoms with Crippen LogP contribution in [0.3, 0.4) is 0 Å². The Morgan fingerprint density at radius 2 is 2.08 bits per heavy atom. The molecule has 0 aliphatic heterocycles. The summed E-state index contributed by atoms with van der Waals surface area (Å²) >= 11 is 3.49. The number of hydrogen-bond acceptors (Lipinski definition) is 1. The number of pyridine rings is 1. The third-order valence-corrected chi connectivity index (χ3v) is 2.55. The SMILES string of the molecule is Cc1cccc2cncc(Br)c12. The predicted molar refractivity (Wildman–Crippen MR) is 54.2 cm³/mol. The van der Waals surface area contributed by atoms with Crippen LogP contribution >= 0.6 is 15.9 Å². The Hall–Kier alpha value is -0.890. The summed E-state index contributed by atoms with van der Waals surface area (Å²) in [5.41, 5.74) is 1.28. The van der Waals surface area contributed by atoms with E-state index in [-0.39, 0.29) is 0 Å². The van der Waals surface area contributed by atoms with Crippen LogP contribution in [-0.4, -0.2) is 4.98 Å². The van der Waals surface area contributed by atoms with E-state index in [9.17, 15) is 0 Å². The second kappa shape index (κ2) is 2.87. The standard InChI is InChI=1S/C10H8BrN/c1-7-3-2-4-8-5-12-6-9(11)10(7)8/h2-6H,1H3. The summed E-state index contributed by atoms with van der Waals surface area (Å²) in [4.78, 5) is 4.11. The van der Waals surface area contributed by atoms with Gasteiger partial charge in [-0.2, -0.15) is 0 Å². The highest BCUT2D eigenvalue weighted by Crippen LogP contribution is 2.25. The Morgan fingerprint density at radius 3 is 2.83 bits per heavy atom. The summed E-state index contributed by atoms with van der Waals surface area (Å²) < 4.78 is 1.07. The number of fused-ring (bicyclic) bond motifs is 1. The summed E-state index contributed by atoms with van der Waals surface area (Å²) in [7, 11) is 0. The highest BCUT2D eigenvalue weighted by Gasteiger charge is 1.99. The molecule has 0 bridgehead atoms. The zero-order valence-electron chi connectivity index (χ0n) is 6.71. The lowest BCUT2D eigenvalue weighted by atomic mass is 10.1. The fourth-order valence-corrected chi connectivity index (χ4v) is 2.03. The first-order valence-electron chi connectivity index (χ1n) is 3.78. The summed E-state index contributed by atoms with van der Waals surface area (Å²) in [6, 6.07) is 6.22. The third kappa shape index (κ3) is 1.12. The summed E-state index contributed by atoms with van der Waals surface area (Å²) in [6.45, 7) is 2.10. The first-order chi connectivity index (χ1) is 5.79. The number of benzene rings is 1. The minimum absolute atomic E-state index is 1.07. The second-order valence-electron chi connectivity index (χ2n) is 2.79. The van der Waals surface area contributed by atoms with E-state index in [1.807, 2.05) is 18.5 Å². The van der Waals surface area contributed by atoms with Gasteiger partial charge in [0.2, 0.25) is 0 Å². The minimum atomic E-state index is 1.07. The van der Waals surface area contributed by atoms with E-state index >= 15 is 0 Å². The maximum absolute atomic E-state index is 4.11. The highest BCUT2D eigenvalue weighted by molar-refractivity contribution is 9.10. The van der Waals surface area contributed by atoms with Crippen molar-refractivity contribution in [1.29, 1.82) is 0 Å². The van der Waals surface area contributed by atoms with Gasteiger partial charge in [-0.15, -0.1) is 0 Å². The molecule has 0 radical (unpaired) electrons. The molecular weight excluding hydrogens is 214 g/mol. The Morgan fingerprint density at radius 1 is 1.25 bits per heavy atom. The molecule has 0 aliphatic rings. The van der Waals surface area contributed by atoms with Gasteiger partial charge in [0.25, 0.3) is 0 Å². The zero-order chi connectivity index (χ0) is 8.55. The van der Waals surface area contributed by atoms with Crippen LogP contribution in [-0.2, 0) is 0 Å². The van der Waals surface area contributed by atoms with Crippen molar-refractivity contribution in [3.05, 3.63) is 40.6 Å². The normalized spacial score (nSPS) is 10.5. The van der Waals surface area contributed by atoms with Crippen molar-refractivity contribution in [3.63, 3.8) is 0 Å². The molecule has 0 atom stereocenters. The topological polar surface area (TPSA) is 12.9 Å². The summed E-state index contributed by atoms with van der Waals surface area (Å²) in [6.07, 6.45) is 3.71. The molecule has 0 fully saturated rings. The van der Waals surface area contributed by atoms with Crippen LogP contribution in [0.1, 0.15) is 5.56 Å². The van der Waals surface area contributed by atoms with E-state index < -0.39 is 0 Å². The molecule has 0 amide bonds. The largest absolute Gasteiger partial charge is 0.263 e. The second-order valence-corrected chi connectivity index (χ2v) is 3.65. The van der Waals surface area contributed by atoms with Gasteiger partial charge in [-0.3, -0.25) is 4.98 Å². The van der Waals surface area contributed by atoms with Crippen molar-refractivity contribution in [3.8, 4) is 0 Å². The number of halogens is 1. The van der Waals surface area contributed by atoms with Gasteiger partial charge in [-0.1, -0.05) is 18.2 Å². The Kier molecular flexibility index (Phi) is 1.85. The van der Waals surface area contributed by atoms with Crippen molar-refractivity contribution < 1.29 is 0 Å². The smallest absolute Gasteiger partial charge is 0.0439 e. The van der Waals surface area contributed by atoms with Gasteiger partial charge in [-0.05, 0) is 28.4 Å². The number of hydrogen-bond donors (Lipinski definition) is 0. The third-order valence-electron chi connectivity index (χ3n) is 1.95. The number of nitrogens with zero attached hydrogens (tertiary/aromatic N) is 1. The highest BCUT2D eigenvalue weighted by atomic mass is 79.9. The van der Waals surface area contributed by atoms with E-state index in [4.69, 9.17) is 0 Å². The molecule has 1 heterocycles. The molecule has 0 saturated heterocycles. The maximum Gasteiger partial charge on any atom is 0.0439 e. The van der Waals surface area contributed by atoms with Crippen molar-refractivity contribution in [2.75, 3.05) is 0 Å². The van der Waals surface area contributed by atoms with Gasteiger partial charge < -0.3 is 0 Å². The molecule has 1 aromatic carbocycles. The molecule has 1 aromatic heterocycles. The lowest BCUT2D eigenvalue weighted by Gasteiger charge is -2.02. The van der Waals surface area contributed by atoms with Crippen LogP contribution in [0.4, 0.5) is 0 Å². The van der Waals surface area contributed by atoms with Gasteiger partial charge in [0.05, 0.1) is 0 Å². The predicted octanol–water partition coefficient (Wildman–Crippen LogP) is 3.31. The van der Waals surface area contributed by atoms with E-state index in [0.717, 1.165) is 4.47 Å². The van der Waals surface area contributed by atoms with E-state index in [1.165, 1.54) is 16.3 Å². The fourth-order valence-electron chi connectivity index (χ4n) is 1.37. The quantitative estimate of drug-likeness (QED) is 0.666. The lowest BCUT2D eigenvalue weighted by Crippen LogP contribution is -1.81. The summed E-state index contributed by atoms with van der Waals surface area (Å²) in [5, 5.41) is 2.44. The molecule has 1 nitrogen and oxygen atoms in total. The monoisotopic (exact) mass is 221 g/mol.